The zero-order chi connectivity index (χ0) is 18.1. The van der Waals surface area contributed by atoms with E-state index in [4.69, 9.17) is 9.47 Å². The number of rotatable bonds is 7. The number of halogens is 1. The molecule has 2 aromatic carbocycles. The number of aliphatic imine (C=N–C) groups is 1. The van der Waals surface area contributed by atoms with E-state index in [9.17, 15) is 0 Å². The third kappa shape index (κ3) is 6.40. The quantitative estimate of drug-likeness (QED) is 0.370. The average Bonchev–Trinajstić information content (AvgIpc) is 2.65. The number of methoxy groups -OCH3 is 2. The van der Waals surface area contributed by atoms with Crippen molar-refractivity contribution in [3.8, 4) is 11.5 Å². The van der Waals surface area contributed by atoms with Crippen LogP contribution >= 0.6 is 24.0 Å². The molecule has 0 spiro atoms. The average molecular weight is 469 g/mol. The summed E-state index contributed by atoms with van der Waals surface area (Å²) in [4.78, 5) is 4.28. The monoisotopic (exact) mass is 469 g/mol. The van der Waals surface area contributed by atoms with E-state index in [1.165, 1.54) is 11.1 Å². The molecule has 0 saturated heterocycles. The lowest BCUT2D eigenvalue weighted by Gasteiger charge is -2.14. The molecule has 0 radical (unpaired) electrons. The Kier molecular flexibility index (Phi) is 9.87. The summed E-state index contributed by atoms with van der Waals surface area (Å²) in [5.41, 5.74) is 3.63. The summed E-state index contributed by atoms with van der Waals surface area (Å²) in [6.07, 6.45) is 0.811. The van der Waals surface area contributed by atoms with Gasteiger partial charge in [-0.1, -0.05) is 24.3 Å². The smallest absolute Gasteiger partial charge is 0.191 e. The van der Waals surface area contributed by atoms with Gasteiger partial charge in [-0.2, -0.15) is 0 Å². The topological polar surface area (TPSA) is 54.9 Å². The second-order valence-electron chi connectivity index (χ2n) is 5.71. The lowest BCUT2D eigenvalue weighted by Crippen LogP contribution is -2.38. The molecule has 0 heterocycles. The van der Waals surface area contributed by atoms with Gasteiger partial charge in [-0.05, 0) is 48.2 Å². The summed E-state index contributed by atoms with van der Waals surface area (Å²) >= 11 is 0. The molecule has 6 heteroatoms. The molecule has 5 nitrogen and oxygen atoms in total. The minimum absolute atomic E-state index is 0. The molecule has 0 aliphatic rings. The molecule has 0 aromatic heterocycles. The zero-order valence-corrected chi connectivity index (χ0v) is 18.2. The third-order valence-electron chi connectivity index (χ3n) is 4.11. The summed E-state index contributed by atoms with van der Waals surface area (Å²) in [5.74, 6) is 2.48. The first kappa shape index (κ1) is 22.1. The molecule has 26 heavy (non-hydrogen) atoms. The van der Waals surface area contributed by atoms with Crippen LogP contribution in [0.25, 0.3) is 0 Å². The van der Waals surface area contributed by atoms with Crippen LogP contribution in [0, 0.1) is 6.92 Å². The Bertz CT molecular complexity index is 720. The standard InChI is InChI=1S/C20H27N3O2.HI/c1-15-7-5-6-8-17(15)14-23-20(21-2)22-12-11-16-13-18(24-3)9-10-19(16)25-4;/h5-10,13H,11-12,14H2,1-4H3,(H2,21,22,23);1H. The minimum Gasteiger partial charge on any atom is -0.497 e. The van der Waals surface area contributed by atoms with Crippen molar-refractivity contribution in [2.24, 2.45) is 4.99 Å². The zero-order valence-electron chi connectivity index (χ0n) is 15.8. The van der Waals surface area contributed by atoms with Gasteiger partial charge in [-0.15, -0.1) is 24.0 Å². The van der Waals surface area contributed by atoms with Crippen molar-refractivity contribution < 1.29 is 9.47 Å². The van der Waals surface area contributed by atoms with Gasteiger partial charge >= 0.3 is 0 Å². The third-order valence-corrected chi connectivity index (χ3v) is 4.11. The highest BCUT2D eigenvalue weighted by Gasteiger charge is 2.06. The second kappa shape index (κ2) is 11.6. The Morgan fingerprint density at radius 2 is 1.77 bits per heavy atom. The first-order valence-corrected chi connectivity index (χ1v) is 8.38. The van der Waals surface area contributed by atoms with Crippen LogP contribution in [0.1, 0.15) is 16.7 Å². The van der Waals surface area contributed by atoms with E-state index in [1.54, 1.807) is 21.3 Å². The number of ether oxygens (including phenoxy) is 2. The fourth-order valence-electron chi connectivity index (χ4n) is 2.60. The van der Waals surface area contributed by atoms with E-state index in [1.807, 2.05) is 24.3 Å². The van der Waals surface area contributed by atoms with Crippen molar-refractivity contribution >= 4 is 29.9 Å². The van der Waals surface area contributed by atoms with E-state index in [-0.39, 0.29) is 24.0 Å². The van der Waals surface area contributed by atoms with Gasteiger partial charge in [0.1, 0.15) is 11.5 Å². The Morgan fingerprint density at radius 1 is 1.00 bits per heavy atom. The van der Waals surface area contributed by atoms with E-state index in [2.05, 4.69) is 40.7 Å². The van der Waals surface area contributed by atoms with Crippen molar-refractivity contribution in [1.82, 2.24) is 10.6 Å². The molecule has 142 valence electrons. The highest BCUT2D eigenvalue weighted by molar-refractivity contribution is 14.0. The largest absolute Gasteiger partial charge is 0.497 e. The van der Waals surface area contributed by atoms with Gasteiger partial charge in [0.05, 0.1) is 14.2 Å². The molecule has 0 atom stereocenters. The first-order valence-electron chi connectivity index (χ1n) is 8.38. The number of benzene rings is 2. The van der Waals surface area contributed by atoms with Crippen LogP contribution in [0.15, 0.2) is 47.5 Å². The van der Waals surface area contributed by atoms with Crippen molar-refractivity contribution in [2.45, 2.75) is 19.9 Å². The van der Waals surface area contributed by atoms with Crippen LogP contribution in [0.3, 0.4) is 0 Å². The van der Waals surface area contributed by atoms with Gasteiger partial charge in [0.25, 0.3) is 0 Å². The Morgan fingerprint density at radius 3 is 2.42 bits per heavy atom. The van der Waals surface area contributed by atoms with Gasteiger partial charge in [0.2, 0.25) is 0 Å². The van der Waals surface area contributed by atoms with Crippen molar-refractivity contribution in [3.05, 3.63) is 59.2 Å². The number of guanidine groups is 1. The van der Waals surface area contributed by atoms with Crippen LogP contribution in [0.4, 0.5) is 0 Å². The van der Waals surface area contributed by atoms with Gasteiger partial charge < -0.3 is 20.1 Å². The van der Waals surface area contributed by atoms with Crippen LogP contribution in [-0.4, -0.2) is 33.8 Å². The molecule has 0 aliphatic carbocycles. The SMILES string of the molecule is CN=C(NCCc1cc(OC)ccc1OC)NCc1ccccc1C.I. The number of aryl methyl sites for hydroxylation is 1. The van der Waals surface area contributed by atoms with Crippen LogP contribution in [0.2, 0.25) is 0 Å². The molecule has 0 saturated carbocycles. The van der Waals surface area contributed by atoms with Gasteiger partial charge in [-0.3, -0.25) is 4.99 Å². The summed E-state index contributed by atoms with van der Waals surface area (Å²) in [6, 6.07) is 14.2. The lowest BCUT2D eigenvalue weighted by molar-refractivity contribution is 0.398. The van der Waals surface area contributed by atoms with Crippen molar-refractivity contribution in [2.75, 3.05) is 27.8 Å². The Labute approximate surface area is 173 Å². The first-order chi connectivity index (χ1) is 12.2. The second-order valence-corrected chi connectivity index (χ2v) is 5.71. The maximum Gasteiger partial charge on any atom is 0.191 e. The molecule has 2 aromatic rings. The highest BCUT2D eigenvalue weighted by atomic mass is 127. The molecule has 0 amide bonds. The fraction of sp³-hybridized carbons (Fsp3) is 0.350. The lowest BCUT2D eigenvalue weighted by atomic mass is 10.1. The van der Waals surface area contributed by atoms with Crippen LogP contribution in [-0.2, 0) is 13.0 Å². The summed E-state index contributed by atoms with van der Waals surface area (Å²) in [6.45, 7) is 3.61. The van der Waals surface area contributed by atoms with E-state index in [0.717, 1.165) is 42.5 Å². The summed E-state index contributed by atoms with van der Waals surface area (Å²) in [5, 5.41) is 6.69. The van der Waals surface area contributed by atoms with Gasteiger partial charge in [0.15, 0.2) is 5.96 Å². The molecule has 2 N–H and O–H groups in total. The molecule has 0 unspecified atom stereocenters. The number of nitrogens with zero attached hydrogens (tertiary/aromatic N) is 1. The molecule has 0 aliphatic heterocycles. The molecule has 2 rings (SSSR count). The van der Waals surface area contributed by atoms with Crippen LogP contribution in [0.5, 0.6) is 11.5 Å². The number of hydrogen-bond donors (Lipinski definition) is 2. The summed E-state index contributed by atoms with van der Waals surface area (Å²) < 4.78 is 10.7. The molecular weight excluding hydrogens is 441 g/mol. The predicted molar refractivity (Wildman–Crippen MR) is 118 cm³/mol. The maximum absolute atomic E-state index is 5.42. The fourth-order valence-corrected chi connectivity index (χ4v) is 2.60. The Balaban J connectivity index is 0.00000338. The minimum atomic E-state index is 0. The number of nitrogens with one attached hydrogen (secondary N) is 2. The molecule has 0 bridgehead atoms. The van der Waals surface area contributed by atoms with Crippen molar-refractivity contribution in [3.63, 3.8) is 0 Å². The van der Waals surface area contributed by atoms with E-state index < -0.39 is 0 Å². The Hall–Kier alpha value is -1.96. The van der Waals surface area contributed by atoms with Gasteiger partial charge in [0, 0.05) is 20.1 Å². The van der Waals surface area contributed by atoms with Gasteiger partial charge in [-0.25, -0.2) is 0 Å². The number of hydrogen-bond acceptors (Lipinski definition) is 3. The van der Waals surface area contributed by atoms with Crippen molar-refractivity contribution in [1.29, 1.82) is 0 Å². The highest BCUT2D eigenvalue weighted by Crippen LogP contribution is 2.24. The maximum atomic E-state index is 5.42. The summed E-state index contributed by atoms with van der Waals surface area (Å²) in [7, 11) is 5.13. The van der Waals surface area contributed by atoms with Crippen LogP contribution < -0.4 is 20.1 Å². The molecule has 0 fully saturated rings. The van der Waals surface area contributed by atoms with E-state index in [0.29, 0.717) is 0 Å². The van der Waals surface area contributed by atoms with E-state index >= 15 is 0 Å². The predicted octanol–water partition coefficient (Wildman–Crippen LogP) is 3.54. The normalized spacial score (nSPS) is 10.7. The molecular formula is C20H28IN3O2.